The van der Waals surface area contributed by atoms with Crippen molar-refractivity contribution >= 4 is 26.7 Å². The highest BCUT2D eigenvalue weighted by atomic mass is 32.2. The number of nitrogens with zero attached hydrogens (tertiary/aromatic N) is 4. The van der Waals surface area contributed by atoms with Gasteiger partial charge in [-0.05, 0) is 18.2 Å². The topological polar surface area (TPSA) is 99.0 Å². The number of methoxy groups -OCH3 is 1. The Morgan fingerprint density at radius 1 is 1.03 bits per heavy atom. The van der Waals surface area contributed by atoms with Crippen molar-refractivity contribution in [2.45, 2.75) is 11.7 Å². The first-order chi connectivity index (χ1) is 14.0. The number of ether oxygens (including phenoxy) is 1. The van der Waals surface area contributed by atoms with Gasteiger partial charge in [0.15, 0.2) is 5.65 Å². The van der Waals surface area contributed by atoms with Crippen LogP contribution in [0.2, 0.25) is 0 Å². The Kier molecular flexibility index (Phi) is 4.89. The van der Waals surface area contributed by atoms with Crippen LogP contribution in [0.4, 0.5) is 5.82 Å². The number of aromatic nitrogens is 4. The second-order valence-electron chi connectivity index (χ2n) is 6.42. The van der Waals surface area contributed by atoms with Crippen LogP contribution in [0.15, 0.2) is 66.0 Å². The third-order valence-electron chi connectivity index (χ3n) is 4.38. The van der Waals surface area contributed by atoms with Crippen LogP contribution in [0.5, 0.6) is 5.75 Å². The van der Waals surface area contributed by atoms with Gasteiger partial charge in [-0.15, -0.1) is 0 Å². The Labute approximate surface area is 168 Å². The Morgan fingerprint density at radius 3 is 2.48 bits per heavy atom. The summed E-state index contributed by atoms with van der Waals surface area (Å²) < 4.78 is 31.3. The summed E-state index contributed by atoms with van der Waals surface area (Å²) in [6.07, 6.45) is 2.71. The fourth-order valence-electron chi connectivity index (χ4n) is 2.97. The molecule has 2 aromatic carbocycles. The van der Waals surface area contributed by atoms with Gasteiger partial charge in [0.1, 0.15) is 11.6 Å². The van der Waals surface area contributed by atoms with Crippen molar-refractivity contribution in [2.24, 2.45) is 0 Å². The second-order valence-corrected chi connectivity index (χ2v) is 8.33. The highest BCUT2D eigenvalue weighted by molar-refractivity contribution is 7.90. The molecule has 29 heavy (non-hydrogen) atoms. The van der Waals surface area contributed by atoms with E-state index in [2.05, 4.69) is 20.4 Å². The smallest absolute Gasteiger partial charge is 0.250 e. The van der Waals surface area contributed by atoms with Crippen molar-refractivity contribution in [3.05, 3.63) is 66.4 Å². The molecule has 8 nitrogen and oxygen atoms in total. The zero-order valence-electron chi connectivity index (χ0n) is 15.9. The standard InChI is InChI=1S/C20H19N5O3S/c1-28-17-11-7-6-8-14(17)12-21-18-16-13-22-25(15-9-4-3-5-10-15)19(16)24-20(23-18)29(2,26)27/h3-11,13H,12H2,1-2H3,(H,21,23,24). The number of hydrogen-bond donors (Lipinski definition) is 1. The summed E-state index contributed by atoms with van der Waals surface area (Å²) >= 11 is 0. The van der Waals surface area contributed by atoms with Gasteiger partial charge in [-0.2, -0.15) is 10.1 Å². The van der Waals surface area contributed by atoms with Crippen LogP contribution < -0.4 is 10.1 Å². The second kappa shape index (κ2) is 7.51. The van der Waals surface area contributed by atoms with Crippen LogP contribution in [-0.4, -0.2) is 41.5 Å². The number of sulfone groups is 1. The lowest BCUT2D eigenvalue weighted by molar-refractivity contribution is 0.410. The molecule has 0 spiro atoms. The number of para-hydroxylation sites is 2. The van der Waals surface area contributed by atoms with E-state index >= 15 is 0 Å². The molecule has 0 amide bonds. The minimum atomic E-state index is -3.62. The van der Waals surface area contributed by atoms with E-state index in [0.29, 0.717) is 23.4 Å². The van der Waals surface area contributed by atoms with Gasteiger partial charge < -0.3 is 10.1 Å². The maximum absolute atomic E-state index is 12.2. The van der Waals surface area contributed by atoms with E-state index < -0.39 is 9.84 Å². The molecule has 4 aromatic rings. The zero-order chi connectivity index (χ0) is 20.4. The number of hydrogen-bond acceptors (Lipinski definition) is 7. The molecule has 4 rings (SSSR count). The molecule has 0 radical (unpaired) electrons. The SMILES string of the molecule is COc1ccccc1CNc1nc(S(C)(=O)=O)nc2c1cnn2-c1ccccc1. The van der Waals surface area contributed by atoms with Gasteiger partial charge in [0.05, 0.1) is 24.4 Å². The van der Waals surface area contributed by atoms with Gasteiger partial charge in [0.2, 0.25) is 9.84 Å². The third-order valence-corrected chi connectivity index (χ3v) is 5.23. The quantitative estimate of drug-likeness (QED) is 0.489. The van der Waals surface area contributed by atoms with E-state index in [4.69, 9.17) is 4.74 Å². The first-order valence-electron chi connectivity index (χ1n) is 8.84. The molecule has 148 valence electrons. The van der Waals surface area contributed by atoms with Gasteiger partial charge in [0, 0.05) is 18.4 Å². The summed E-state index contributed by atoms with van der Waals surface area (Å²) in [5.74, 6) is 1.12. The zero-order valence-corrected chi connectivity index (χ0v) is 16.7. The van der Waals surface area contributed by atoms with Crippen LogP contribution in [0.3, 0.4) is 0 Å². The van der Waals surface area contributed by atoms with E-state index in [-0.39, 0.29) is 5.16 Å². The fourth-order valence-corrected chi connectivity index (χ4v) is 3.48. The van der Waals surface area contributed by atoms with Crippen LogP contribution in [0.25, 0.3) is 16.7 Å². The van der Waals surface area contributed by atoms with Crippen molar-refractivity contribution in [1.29, 1.82) is 0 Å². The Balaban J connectivity index is 1.81. The summed E-state index contributed by atoms with van der Waals surface area (Å²) in [7, 11) is -2.01. The predicted molar refractivity (Wildman–Crippen MR) is 110 cm³/mol. The third kappa shape index (κ3) is 3.77. The normalized spacial score (nSPS) is 11.5. The highest BCUT2D eigenvalue weighted by Gasteiger charge is 2.19. The number of benzene rings is 2. The summed E-state index contributed by atoms with van der Waals surface area (Å²) in [6.45, 7) is 0.399. The monoisotopic (exact) mass is 409 g/mol. The lowest BCUT2D eigenvalue weighted by Crippen LogP contribution is -2.10. The van der Waals surface area contributed by atoms with Crippen molar-refractivity contribution < 1.29 is 13.2 Å². The maximum Gasteiger partial charge on any atom is 0.250 e. The largest absolute Gasteiger partial charge is 0.496 e. The first kappa shape index (κ1) is 18.9. The van der Waals surface area contributed by atoms with Crippen molar-refractivity contribution in [3.63, 3.8) is 0 Å². The average Bonchev–Trinajstić information content (AvgIpc) is 3.16. The Hall–Kier alpha value is -3.46. The Bertz CT molecular complexity index is 1270. The van der Waals surface area contributed by atoms with E-state index in [1.165, 1.54) is 0 Å². The Morgan fingerprint density at radius 2 is 1.76 bits per heavy atom. The summed E-state index contributed by atoms with van der Waals surface area (Å²) in [4.78, 5) is 8.51. The number of nitrogens with one attached hydrogen (secondary N) is 1. The molecule has 2 aromatic heterocycles. The van der Waals surface area contributed by atoms with E-state index in [1.807, 2.05) is 54.6 Å². The van der Waals surface area contributed by atoms with Crippen LogP contribution in [0, 0.1) is 0 Å². The predicted octanol–water partition coefficient (Wildman–Crippen LogP) is 2.84. The summed E-state index contributed by atoms with van der Waals surface area (Å²) in [5, 5.41) is 7.96. The highest BCUT2D eigenvalue weighted by Crippen LogP contribution is 2.26. The molecule has 0 fully saturated rings. The molecule has 2 heterocycles. The van der Waals surface area contributed by atoms with Gasteiger partial charge in [-0.3, -0.25) is 0 Å². The van der Waals surface area contributed by atoms with Crippen LogP contribution in [-0.2, 0) is 16.4 Å². The molecule has 0 unspecified atom stereocenters. The van der Waals surface area contributed by atoms with E-state index in [9.17, 15) is 8.42 Å². The molecule has 0 aliphatic heterocycles. The molecule has 0 aliphatic rings. The molecule has 0 aliphatic carbocycles. The minimum Gasteiger partial charge on any atom is -0.496 e. The van der Waals surface area contributed by atoms with Crippen molar-refractivity contribution in [1.82, 2.24) is 19.7 Å². The summed E-state index contributed by atoms with van der Waals surface area (Å²) in [6, 6.07) is 17.0. The molecule has 9 heteroatoms. The molecular formula is C20H19N5O3S. The van der Waals surface area contributed by atoms with E-state index in [0.717, 1.165) is 23.3 Å². The molecule has 0 saturated heterocycles. The van der Waals surface area contributed by atoms with E-state index in [1.54, 1.807) is 18.0 Å². The summed E-state index contributed by atoms with van der Waals surface area (Å²) in [5.41, 5.74) is 2.10. The lowest BCUT2D eigenvalue weighted by atomic mass is 10.2. The van der Waals surface area contributed by atoms with Gasteiger partial charge in [0.25, 0.3) is 5.16 Å². The van der Waals surface area contributed by atoms with Gasteiger partial charge >= 0.3 is 0 Å². The van der Waals surface area contributed by atoms with Crippen molar-refractivity contribution in [2.75, 3.05) is 18.7 Å². The van der Waals surface area contributed by atoms with Gasteiger partial charge in [-0.1, -0.05) is 36.4 Å². The molecule has 1 N–H and O–H groups in total. The lowest BCUT2D eigenvalue weighted by Gasteiger charge is -2.11. The molecular weight excluding hydrogens is 390 g/mol. The molecule has 0 bridgehead atoms. The minimum absolute atomic E-state index is 0.259. The maximum atomic E-state index is 12.2. The van der Waals surface area contributed by atoms with Crippen LogP contribution >= 0.6 is 0 Å². The molecule has 0 saturated carbocycles. The number of rotatable bonds is 6. The fraction of sp³-hybridized carbons (Fsp3) is 0.150. The van der Waals surface area contributed by atoms with Crippen molar-refractivity contribution in [3.8, 4) is 11.4 Å². The average molecular weight is 409 g/mol. The number of fused-ring (bicyclic) bond motifs is 1. The van der Waals surface area contributed by atoms with Gasteiger partial charge in [-0.25, -0.2) is 18.1 Å². The number of anilines is 1. The van der Waals surface area contributed by atoms with Crippen LogP contribution in [0.1, 0.15) is 5.56 Å². The first-order valence-corrected chi connectivity index (χ1v) is 10.7. The molecule has 0 atom stereocenters.